The number of benzene rings is 3. The Labute approximate surface area is 207 Å². The van der Waals surface area contributed by atoms with E-state index in [9.17, 15) is 9.59 Å². The van der Waals surface area contributed by atoms with E-state index in [4.69, 9.17) is 14.7 Å². The number of carbonyl (C=O) groups excluding carboxylic acids is 2. The number of hydrogen-bond donors (Lipinski definition) is 1. The Bertz CT molecular complexity index is 1320. The molecule has 0 saturated carbocycles. The van der Waals surface area contributed by atoms with Crippen LogP contribution in [0.25, 0.3) is 0 Å². The van der Waals surface area contributed by atoms with Crippen molar-refractivity contribution in [3.63, 3.8) is 0 Å². The zero-order chi connectivity index (χ0) is 24.4. The minimum absolute atomic E-state index is 0.132. The van der Waals surface area contributed by atoms with E-state index in [-0.39, 0.29) is 11.8 Å². The summed E-state index contributed by atoms with van der Waals surface area (Å²) in [6, 6.07) is 24.1. The number of ether oxygens (including phenoxy) is 1. The SMILES string of the molecule is COc1ccc(NC(=O)C(C)SC2=Nc3ccccc3C3=NC(Cc4ccccc4)C(=O)N23)cc1. The van der Waals surface area contributed by atoms with Gasteiger partial charge in [-0.15, -0.1) is 0 Å². The molecule has 8 heteroatoms. The second kappa shape index (κ2) is 9.76. The fourth-order valence-corrected chi connectivity index (χ4v) is 4.90. The number of fused-ring (bicyclic) bond motifs is 3. The van der Waals surface area contributed by atoms with Gasteiger partial charge < -0.3 is 10.1 Å². The number of anilines is 1. The summed E-state index contributed by atoms with van der Waals surface area (Å²) in [5.74, 6) is 0.983. The number of carbonyl (C=O) groups is 2. The maximum atomic E-state index is 13.5. The third kappa shape index (κ3) is 4.70. The van der Waals surface area contributed by atoms with Gasteiger partial charge in [-0.25, -0.2) is 9.89 Å². The first-order valence-corrected chi connectivity index (χ1v) is 12.2. The van der Waals surface area contributed by atoms with Gasteiger partial charge in [0.2, 0.25) is 5.91 Å². The van der Waals surface area contributed by atoms with E-state index < -0.39 is 11.3 Å². The predicted molar refractivity (Wildman–Crippen MR) is 140 cm³/mol. The minimum Gasteiger partial charge on any atom is -0.497 e. The van der Waals surface area contributed by atoms with Crippen molar-refractivity contribution in [3.8, 4) is 5.75 Å². The third-order valence-electron chi connectivity index (χ3n) is 5.83. The molecule has 0 aromatic heterocycles. The number of para-hydroxylation sites is 1. The molecule has 3 aromatic carbocycles. The van der Waals surface area contributed by atoms with Crippen molar-refractivity contribution in [3.05, 3.63) is 90.0 Å². The highest BCUT2D eigenvalue weighted by atomic mass is 32.2. The van der Waals surface area contributed by atoms with Gasteiger partial charge in [-0.2, -0.15) is 0 Å². The van der Waals surface area contributed by atoms with Gasteiger partial charge in [0.25, 0.3) is 5.91 Å². The number of amidine groups is 2. The molecular formula is C27H24N4O3S. The Morgan fingerprint density at radius 3 is 2.51 bits per heavy atom. The average Bonchev–Trinajstić information content (AvgIpc) is 3.21. The van der Waals surface area contributed by atoms with Crippen LogP contribution in [0.15, 0.2) is 88.8 Å². The fraction of sp³-hybridized carbons (Fsp3) is 0.185. The molecule has 2 atom stereocenters. The Kier molecular flexibility index (Phi) is 6.37. The van der Waals surface area contributed by atoms with Gasteiger partial charge in [-0.05, 0) is 48.9 Å². The normalized spacial score (nSPS) is 17.1. The molecule has 3 aromatic rings. The summed E-state index contributed by atoms with van der Waals surface area (Å²) in [5, 5.41) is 2.87. The van der Waals surface area contributed by atoms with Gasteiger partial charge in [-0.3, -0.25) is 14.6 Å². The number of thioether (sulfide) groups is 1. The highest BCUT2D eigenvalue weighted by Crippen LogP contribution is 2.35. The van der Waals surface area contributed by atoms with Crippen molar-refractivity contribution in [2.75, 3.05) is 12.4 Å². The van der Waals surface area contributed by atoms with Crippen LogP contribution in [0.4, 0.5) is 11.4 Å². The molecule has 5 rings (SSSR count). The van der Waals surface area contributed by atoms with E-state index in [0.717, 1.165) is 16.8 Å². The lowest BCUT2D eigenvalue weighted by Gasteiger charge is -2.27. The van der Waals surface area contributed by atoms with Crippen LogP contribution < -0.4 is 10.1 Å². The second-order valence-electron chi connectivity index (χ2n) is 8.22. The smallest absolute Gasteiger partial charge is 0.259 e. The molecule has 176 valence electrons. The van der Waals surface area contributed by atoms with E-state index in [2.05, 4.69) is 5.32 Å². The number of amides is 2. The molecule has 2 aliphatic rings. The summed E-state index contributed by atoms with van der Waals surface area (Å²) in [4.78, 5) is 37.5. The minimum atomic E-state index is -0.534. The topological polar surface area (TPSA) is 83.4 Å². The Hall–Kier alpha value is -3.91. The lowest BCUT2D eigenvalue weighted by Crippen LogP contribution is -2.42. The summed E-state index contributed by atoms with van der Waals surface area (Å²) < 4.78 is 5.17. The van der Waals surface area contributed by atoms with Gasteiger partial charge in [0, 0.05) is 17.7 Å². The zero-order valence-corrected chi connectivity index (χ0v) is 20.2. The van der Waals surface area contributed by atoms with Crippen LogP contribution in [0.2, 0.25) is 0 Å². The molecule has 2 amide bonds. The van der Waals surface area contributed by atoms with Crippen LogP contribution in [-0.4, -0.2) is 46.1 Å². The van der Waals surface area contributed by atoms with Gasteiger partial charge >= 0.3 is 0 Å². The van der Waals surface area contributed by atoms with Crippen molar-refractivity contribution in [1.82, 2.24) is 4.90 Å². The van der Waals surface area contributed by atoms with Crippen LogP contribution in [0.1, 0.15) is 18.1 Å². The Morgan fingerprint density at radius 1 is 1.06 bits per heavy atom. The molecule has 0 aliphatic carbocycles. The van der Waals surface area contributed by atoms with Crippen LogP contribution in [0, 0.1) is 0 Å². The summed E-state index contributed by atoms with van der Waals surface area (Å²) in [7, 11) is 1.59. The van der Waals surface area contributed by atoms with E-state index in [1.54, 1.807) is 43.2 Å². The van der Waals surface area contributed by atoms with E-state index >= 15 is 0 Å². The standard InChI is InChI=1S/C27H24N4O3S/c1-17(25(32)28-19-12-14-20(34-2)15-13-19)35-27-30-22-11-7-6-10-21(22)24-29-23(26(33)31(24)27)16-18-8-4-3-5-9-18/h3-15,17,23H,16H2,1-2H3,(H,28,32). The number of nitrogens with one attached hydrogen (secondary N) is 1. The number of methoxy groups -OCH3 is 1. The number of rotatable bonds is 6. The van der Waals surface area contributed by atoms with E-state index in [0.29, 0.717) is 28.9 Å². The highest BCUT2D eigenvalue weighted by molar-refractivity contribution is 8.15. The van der Waals surface area contributed by atoms with Crippen molar-refractivity contribution in [1.29, 1.82) is 0 Å². The first kappa shape index (κ1) is 22.9. The van der Waals surface area contributed by atoms with Crippen LogP contribution in [0.5, 0.6) is 5.75 Å². The Balaban J connectivity index is 1.37. The predicted octanol–water partition coefficient (Wildman–Crippen LogP) is 4.66. The maximum absolute atomic E-state index is 13.5. The molecule has 0 spiro atoms. The quantitative estimate of drug-likeness (QED) is 0.552. The monoisotopic (exact) mass is 484 g/mol. The summed E-state index contributed by atoms with van der Waals surface area (Å²) in [6.45, 7) is 1.80. The summed E-state index contributed by atoms with van der Waals surface area (Å²) in [5.41, 5.74) is 3.26. The summed E-state index contributed by atoms with van der Waals surface area (Å²) >= 11 is 1.25. The highest BCUT2D eigenvalue weighted by Gasteiger charge is 2.42. The van der Waals surface area contributed by atoms with Crippen LogP contribution >= 0.6 is 11.8 Å². The zero-order valence-electron chi connectivity index (χ0n) is 19.3. The van der Waals surface area contributed by atoms with Crippen molar-refractivity contribution in [2.45, 2.75) is 24.6 Å². The van der Waals surface area contributed by atoms with Crippen molar-refractivity contribution < 1.29 is 14.3 Å². The molecule has 35 heavy (non-hydrogen) atoms. The molecular weight excluding hydrogens is 460 g/mol. The first-order chi connectivity index (χ1) is 17.0. The molecule has 0 fully saturated rings. The molecule has 1 N–H and O–H groups in total. The van der Waals surface area contributed by atoms with Gasteiger partial charge in [-0.1, -0.05) is 54.2 Å². The number of hydrogen-bond acceptors (Lipinski definition) is 6. The molecule has 0 radical (unpaired) electrons. The second-order valence-corrected chi connectivity index (χ2v) is 9.53. The third-order valence-corrected chi connectivity index (χ3v) is 6.88. The summed E-state index contributed by atoms with van der Waals surface area (Å²) in [6.07, 6.45) is 0.507. The molecule has 0 bridgehead atoms. The van der Waals surface area contributed by atoms with Gasteiger partial charge in [0.1, 0.15) is 17.6 Å². The van der Waals surface area contributed by atoms with Crippen molar-refractivity contribution >= 4 is 46.0 Å². The van der Waals surface area contributed by atoms with Gasteiger partial charge in [0.05, 0.1) is 18.0 Å². The molecule has 2 aliphatic heterocycles. The molecule has 2 heterocycles. The molecule has 0 saturated heterocycles. The first-order valence-electron chi connectivity index (χ1n) is 11.3. The average molecular weight is 485 g/mol. The largest absolute Gasteiger partial charge is 0.497 e. The van der Waals surface area contributed by atoms with E-state index in [1.165, 1.54) is 11.8 Å². The lowest BCUT2D eigenvalue weighted by atomic mass is 10.1. The Morgan fingerprint density at radius 2 is 1.77 bits per heavy atom. The molecule has 2 unspecified atom stereocenters. The lowest BCUT2D eigenvalue weighted by molar-refractivity contribution is -0.124. The fourth-order valence-electron chi connectivity index (χ4n) is 3.98. The van der Waals surface area contributed by atoms with Crippen LogP contribution in [-0.2, 0) is 16.0 Å². The molecule has 7 nitrogen and oxygen atoms in total. The van der Waals surface area contributed by atoms with Gasteiger partial charge in [0.15, 0.2) is 5.17 Å². The maximum Gasteiger partial charge on any atom is 0.259 e. The number of nitrogens with zero attached hydrogens (tertiary/aromatic N) is 3. The van der Waals surface area contributed by atoms with E-state index in [1.807, 2.05) is 54.6 Å². The van der Waals surface area contributed by atoms with Crippen LogP contribution in [0.3, 0.4) is 0 Å². The number of aliphatic imine (C=N–C) groups is 2. The van der Waals surface area contributed by atoms with Crippen molar-refractivity contribution in [2.24, 2.45) is 9.98 Å².